The summed E-state index contributed by atoms with van der Waals surface area (Å²) in [4.78, 5) is 31.2. The van der Waals surface area contributed by atoms with E-state index in [-0.39, 0.29) is 78.6 Å². The Labute approximate surface area is 363 Å². The minimum atomic E-state index is -0.873. The van der Waals surface area contributed by atoms with Crippen molar-refractivity contribution in [3.8, 4) is 0 Å². The van der Waals surface area contributed by atoms with Crippen LogP contribution in [0.3, 0.4) is 0 Å². The summed E-state index contributed by atoms with van der Waals surface area (Å²) < 4.78 is 50.3. The second-order valence-corrected chi connectivity index (χ2v) is 19.1. The lowest BCUT2D eigenvalue weighted by Gasteiger charge is -2.47. The van der Waals surface area contributed by atoms with Crippen LogP contribution >= 0.6 is 0 Å². The molecule has 3 heterocycles. The van der Waals surface area contributed by atoms with E-state index in [0.717, 1.165) is 30.5 Å². The first-order valence-corrected chi connectivity index (χ1v) is 23.1. The Morgan fingerprint density at radius 2 is 1.62 bits per heavy atom. The molecule has 2 saturated carbocycles. The van der Waals surface area contributed by atoms with Crippen molar-refractivity contribution in [2.24, 2.45) is 35.5 Å². The Bertz CT molecular complexity index is 1680. The molecule has 0 amide bonds. The summed E-state index contributed by atoms with van der Waals surface area (Å²) >= 11 is 0. The van der Waals surface area contributed by atoms with Gasteiger partial charge >= 0.3 is 5.97 Å². The van der Waals surface area contributed by atoms with Crippen LogP contribution in [0, 0.1) is 42.4 Å². The molecule has 1 aromatic rings. The fraction of sp³-hybridized carbons (Fsp3) is 0.792. The molecule has 3 saturated heterocycles. The van der Waals surface area contributed by atoms with Crippen molar-refractivity contribution in [3.63, 3.8) is 0 Å². The first-order chi connectivity index (χ1) is 29.3. The topological polar surface area (TPSA) is 143 Å². The monoisotopic (exact) mass is 855 g/mol. The number of likely N-dealkylation sites (N-methyl/N-ethyl adjacent to an activating group) is 1. The predicted molar refractivity (Wildman–Crippen MR) is 230 cm³/mol. The highest BCUT2D eigenvalue weighted by molar-refractivity contribution is 5.99. The molecule has 3 aliphatic heterocycles. The average Bonchev–Trinajstić information content (AvgIpc) is 3.82. The average molecular weight is 855 g/mol. The Hall–Kier alpha value is -2.46. The molecule has 0 bridgehead atoms. The van der Waals surface area contributed by atoms with Gasteiger partial charge in [0.25, 0.3) is 0 Å². The number of rotatable bonds is 11. The number of ether oxygens (including phenoxy) is 8. The van der Waals surface area contributed by atoms with Gasteiger partial charge in [0.05, 0.1) is 43.0 Å². The van der Waals surface area contributed by atoms with Gasteiger partial charge in [0.15, 0.2) is 18.4 Å². The molecule has 3 aliphatic carbocycles. The number of aliphatic hydroxyl groups is 1. The van der Waals surface area contributed by atoms with Crippen LogP contribution < -0.4 is 5.32 Å². The number of cyclic esters (lactones) is 1. The van der Waals surface area contributed by atoms with E-state index in [4.69, 9.17) is 37.9 Å². The normalized spacial score (nSPS) is 43.3. The van der Waals surface area contributed by atoms with E-state index < -0.39 is 48.6 Å². The van der Waals surface area contributed by atoms with Crippen molar-refractivity contribution in [2.45, 2.75) is 172 Å². The fourth-order valence-electron chi connectivity index (χ4n) is 12.1. The molecule has 1 aromatic carbocycles. The minimum absolute atomic E-state index is 0.00733. The highest BCUT2D eigenvalue weighted by Gasteiger charge is 2.60. The van der Waals surface area contributed by atoms with E-state index in [9.17, 15) is 9.90 Å². The number of hydrogen-bond acceptors (Lipinski definition) is 13. The lowest BCUT2D eigenvalue weighted by Crippen LogP contribution is -2.59. The molecule has 13 heteroatoms. The Kier molecular flexibility index (Phi) is 15.4. The maximum Gasteiger partial charge on any atom is 0.306 e. The van der Waals surface area contributed by atoms with E-state index in [2.05, 4.69) is 56.4 Å². The third-order valence-electron chi connectivity index (χ3n) is 15.2. The number of Topliss-reactive ketones (excluding diaryl/α,β-unsaturated/α-hetero) is 1. The van der Waals surface area contributed by atoms with Gasteiger partial charge in [0.1, 0.15) is 24.4 Å². The van der Waals surface area contributed by atoms with Crippen molar-refractivity contribution in [1.29, 1.82) is 0 Å². The molecule has 342 valence electrons. The smallest absolute Gasteiger partial charge is 0.306 e. The van der Waals surface area contributed by atoms with E-state index in [1.165, 1.54) is 0 Å². The van der Waals surface area contributed by atoms with E-state index in [1.54, 1.807) is 21.3 Å². The van der Waals surface area contributed by atoms with Gasteiger partial charge in [-0.2, -0.15) is 0 Å². The highest BCUT2D eigenvalue weighted by atomic mass is 16.7. The third-order valence-corrected chi connectivity index (χ3v) is 15.2. The zero-order valence-corrected chi connectivity index (χ0v) is 38.2. The van der Waals surface area contributed by atoms with Gasteiger partial charge in [-0.3, -0.25) is 9.59 Å². The Balaban J connectivity index is 1.20. The van der Waals surface area contributed by atoms with Crippen LogP contribution in [0.4, 0.5) is 5.69 Å². The maximum absolute atomic E-state index is 15.1. The van der Waals surface area contributed by atoms with E-state index in [1.807, 2.05) is 32.9 Å². The number of aliphatic hydroxyl groups excluding tert-OH is 1. The number of esters is 1. The van der Waals surface area contributed by atoms with Gasteiger partial charge < -0.3 is 53.2 Å². The number of benzene rings is 1. The lowest BCUT2D eigenvalue weighted by atomic mass is 9.62. The van der Waals surface area contributed by atoms with Crippen LogP contribution in [0.5, 0.6) is 0 Å². The zero-order valence-electron chi connectivity index (χ0n) is 38.2. The third kappa shape index (κ3) is 9.81. The van der Waals surface area contributed by atoms with E-state index in [0.29, 0.717) is 43.7 Å². The Morgan fingerprint density at radius 1 is 0.885 bits per heavy atom. The van der Waals surface area contributed by atoms with Gasteiger partial charge in [-0.15, -0.1) is 0 Å². The summed E-state index contributed by atoms with van der Waals surface area (Å²) in [6.45, 7) is 10.1. The summed E-state index contributed by atoms with van der Waals surface area (Å²) in [6, 6.07) is 8.12. The molecule has 0 aromatic heterocycles. The molecular weight excluding hydrogens is 781 g/mol. The summed E-state index contributed by atoms with van der Waals surface area (Å²) in [5, 5.41) is 16.5. The van der Waals surface area contributed by atoms with Crippen LogP contribution in [0.25, 0.3) is 0 Å². The fourth-order valence-corrected chi connectivity index (χ4v) is 12.1. The summed E-state index contributed by atoms with van der Waals surface area (Å²) in [5.74, 6) is -1.88. The second kappa shape index (κ2) is 20.2. The SMILES string of the molecule is CC[C@H]1CCC[C@H](O[C@H]2CC[C@H](N(C)C)C(C)O2)[C@@H](C)C(=O)C2=C[C@H]3[C@@H]4C[C@H](O[C@@H]5OC(C)[C@H](OC)C(OC)C5OC)C[C@H]4[C@H](Nc4cccc(C)c4)[C@@H](O)[C@H]3[C@@H]2CC(=O)O1. The summed E-state index contributed by atoms with van der Waals surface area (Å²) in [5.41, 5.74) is 2.63. The number of aryl methyl sites for hydroxylation is 1. The van der Waals surface area contributed by atoms with Gasteiger partial charge in [0.2, 0.25) is 0 Å². The molecule has 2 N–H and O–H groups in total. The highest BCUT2D eigenvalue weighted by Crippen LogP contribution is 2.57. The quantitative estimate of drug-likeness (QED) is 0.249. The number of ketones is 1. The van der Waals surface area contributed by atoms with Crippen molar-refractivity contribution in [1.82, 2.24) is 4.90 Å². The molecule has 4 unspecified atom stereocenters. The van der Waals surface area contributed by atoms with Gasteiger partial charge in [-0.05, 0) is 127 Å². The Morgan fingerprint density at radius 3 is 2.30 bits per heavy atom. The molecule has 5 fully saturated rings. The standard InChI is InChI=1S/C48H74N2O11/c1-11-30-16-13-17-38(61-40-19-18-37(50(6)7)27(4)57-40)26(3)43(52)36-23-33-32-21-31(60-48-47(56-10)46(55-9)45(54-8)28(5)58-48)22-35(32)42(49-29-15-12-14-25(2)20-29)44(53)41(33)34(36)24-39(51)59-30/h12,14-15,20,23,26-28,30-35,37-38,40-42,44-49,53H,11,13,16-19,21-22,24H2,1-10H3/t26-,27?,28?,30+,31+,32+,33+,34-,35-,37+,38+,40+,41-,42+,44+,45+,46?,47?,48+/m1/s1. The second-order valence-electron chi connectivity index (χ2n) is 19.1. The van der Waals surface area contributed by atoms with Crippen LogP contribution in [0.2, 0.25) is 0 Å². The van der Waals surface area contributed by atoms with Crippen molar-refractivity contribution in [3.05, 3.63) is 41.5 Å². The molecule has 0 spiro atoms. The molecular formula is C48H74N2O11. The zero-order chi connectivity index (χ0) is 43.7. The molecule has 0 radical (unpaired) electrons. The number of anilines is 1. The van der Waals surface area contributed by atoms with Crippen molar-refractivity contribution >= 4 is 17.4 Å². The number of methoxy groups -OCH3 is 3. The van der Waals surface area contributed by atoms with Crippen LogP contribution in [0.1, 0.15) is 91.0 Å². The molecule has 13 nitrogen and oxygen atoms in total. The van der Waals surface area contributed by atoms with Gasteiger partial charge in [-0.25, -0.2) is 0 Å². The maximum atomic E-state index is 15.1. The van der Waals surface area contributed by atoms with Crippen LogP contribution in [-0.4, -0.2) is 137 Å². The minimum Gasteiger partial charge on any atom is -0.462 e. The predicted octanol–water partition coefficient (Wildman–Crippen LogP) is 6.08. The molecule has 7 rings (SSSR count). The summed E-state index contributed by atoms with van der Waals surface area (Å²) in [7, 11) is 9.08. The first-order valence-electron chi connectivity index (χ1n) is 23.1. The van der Waals surface area contributed by atoms with Gasteiger partial charge in [-0.1, -0.05) is 32.1 Å². The number of nitrogens with zero attached hydrogens (tertiary/aromatic N) is 1. The molecule has 61 heavy (non-hydrogen) atoms. The number of hydrogen-bond donors (Lipinski definition) is 2. The lowest BCUT2D eigenvalue weighted by molar-refractivity contribution is -0.314. The van der Waals surface area contributed by atoms with Crippen molar-refractivity contribution in [2.75, 3.05) is 40.7 Å². The largest absolute Gasteiger partial charge is 0.462 e. The van der Waals surface area contributed by atoms with Gasteiger partial charge in [0, 0.05) is 50.8 Å². The van der Waals surface area contributed by atoms with E-state index >= 15 is 4.79 Å². The number of carbonyl (C=O) groups excluding carboxylic acids is 2. The van der Waals surface area contributed by atoms with Crippen LogP contribution in [0.15, 0.2) is 35.9 Å². The first kappa shape index (κ1) is 46.5. The van der Waals surface area contributed by atoms with Crippen LogP contribution in [-0.2, 0) is 47.5 Å². The molecule has 6 aliphatic rings. The van der Waals surface area contributed by atoms with Crippen molar-refractivity contribution < 1.29 is 52.6 Å². The number of carbonyl (C=O) groups is 2. The number of fused-ring (bicyclic) bond motifs is 5. The summed E-state index contributed by atoms with van der Waals surface area (Å²) in [6.07, 6.45) is 3.57. The number of nitrogens with one attached hydrogen (secondary N) is 1. The number of allylic oxidation sites excluding steroid dienone is 2. The molecule has 19 atom stereocenters.